The van der Waals surface area contributed by atoms with E-state index in [4.69, 9.17) is 10.5 Å². The van der Waals surface area contributed by atoms with Gasteiger partial charge in [-0.05, 0) is 25.7 Å². The van der Waals surface area contributed by atoms with Crippen LogP contribution in [0.2, 0.25) is 0 Å². The summed E-state index contributed by atoms with van der Waals surface area (Å²) in [5.41, 5.74) is 7.16. The number of rotatable bonds is 4. The maximum atomic E-state index is 6.44. The summed E-state index contributed by atoms with van der Waals surface area (Å²) >= 11 is 0. The summed E-state index contributed by atoms with van der Waals surface area (Å²) in [6.07, 6.45) is 8.44. The van der Waals surface area contributed by atoms with E-state index in [0.29, 0.717) is 5.92 Å². The number of aromatic nitrogens is 2. The van der Waals surface area contributed by atoms with Crippen LogP contribution in [0.4, 0.5) is 0 Å². The van der Waals surface area contributed by atoms with Crippen LogP contribution < -0.4 is 5.73 Å². The van der Waals surface area contributed by atoms with Crippen LogP contribution in [0.1, 0.15) is 51.3 Å². The summed E-state index contributed by atoms with van der Waals surface area (Å²) in [6, 6.07) is -0.127. The molecule has 2 rings (SSSR count). The maximum absolute atomic E-state index is 6.44. The second-order valence-electron chi connectivity index (χ2n) is 5.58. The molecule has 0 aliphatic heterocycles. The lowest BCUT2D eigenvalue weighted by molar-refractivity contribution is -0.0726. The summed E-state index contributed by atoms with van der Waals surface area (Å²) in [4.78, 5) is 4.44. The van der Waals surface area contributed by atoms with E-state index in [-0.39, 0.29) is 11.6 Å². The number of hydrogen-bond donors (Lipinski definition) is 1. The standard InChI is InChI=1S/C14H25N3O/c1-4-17-9-12(16-10-17)13(15)14(18-3)7-5-6-11(2)8-14/h9-11,13H,4-8,15H2,1-3H3. The Bertz CT molecular complexity index is 390. The average molecular weight is 251 g/mol. The zero-order valence-corrected chi connectivity index (χ0v) is 11.7. The van der Waals surface area contributed by atoms with Gasteiger partial charge in [-0.25, -0.2) is 4.98 Å². The van der Waals surface area contributed by atoms with Crippen LogP contribution in [-0.2, 0) is 11.3 Å². The third-order valence-corrected chi connectivity index (χ3v) is 4.30. The van der Waals surface area contributed by atoms with Crippen molar-refractivity contribution in [3.05, 3.63) is 18.2 Å². The lowest BCUT2D eigenvalue weighted by atomic mass is 9.74. The van der Waals surface area contributed by atoms with Gasteiger partial charge in [0.15, 0.2) is 0 Å². The molecular formula is C14H25N3O. The van der Waals surface area contributed by atoms with Gasteiger partial charge in [0.25, 0.3) is 0 Å². The van der Waals surface area contributed by atoms with Crippen molar-refractivity contribution < 1.29 is 4.74 Å². The van der Waals surface area contributed by atoms with Crippen molar-refractivity contribution >= 4 is 0 Å². The monoisotopic (exact) mass is 251 g/mol. The molecule has 18 heavy (non-hydrogen) atoms. The number of nitrogens with zero attached hydrogens (tertiary/aromatic N) is 2. The first-order valence-electron chi connectivity index (χ1n) is 6.93. The Hall–Kier alpha value is -0.870. The zero-order chi connectivity index (χ0) is 13.2. The molecule has 3 unspecified atom stereocenters. The van der Waals surface area contributed by atoms with Crippen LogP contribution in [0.3, 0.4) is 0 Å². The van der Waals surface area contributed by atoms with Crippen LogP contribution in [0.15, 0.2) is 12.5 Å². The Morgan fingerprint density at radius 2 is 2.44 bits per heavy atom. The molecule has 0 amide bonds. The minimum absolute atomic E-state index is 0.127. The second-order valence-corrected chi connectivity index (χ2v) is 5.58. The molecule has 1 aromatic rings. The average Bonchev–Trinajstić information content (AvgIpc) is 2.86. The molecule has 0 radical (unpaired) electrons. The molecule has 1 aliphatic rings. The molecule has 0 bridgehead atoms. The van der Waals surface area contributed by atoms with E-state index >= 15 is 0 Å². The third kappa shape index (κ3) is 2.45. The topological polar surface area (TPSA) is 53.1 Å². The van der Waals surface area contributed by atoms with E-state index in [0.717, 1.165) is 25.1 Å². The Balaban J connectivity index is 2.20. The fourth-order valence-electron chi connectivity index (χ4n) is 3.12. The normalized spacial score (nSPS) is 30.3. The van der Waals surface area contributed by atoms with Crippen molar-refractivity contribution in [1.29, 1.82) is 0 Å². The highest BCUT2D eigenvalue weighted by molar-refractivity contribution is 5.11. The molecule has 102 valence electrons. The van der Waals surface area contributed by atoms with E-state index in [1.165, 1.54) is 12.8 Å². The molecule has 1 fully saturated rings. The predicted octanol–water partition coefficient (Wildman–Crippen LogP) is 2.50. The molecule has 0 spiro atoms. The fraction of sp³-hybridized carbons (Fsp3) is 0.786. The van der Waals surface area contributed by atoms with Crippen molar-refractivity contribution in [3.63, 3.8) is 0 Å². The Morgan fingerprint density at radius 3 is 3.00 bits per heavy atom. The van der Waals surface area contributed by atoms with Crippen molar-refractivity contribution in [2.24, 2.45) is 11.7 Å². The lowest BCUT2D eigenvalue weighted by Gasteiger charge is -2.42. The first kappa shape index (κ1) is 13.6. The van der Waals surface area contributed by atoms with Crippen LogP contribution in [-0.4, -0.2) is 22.3 Å². The maximum Gasteiger partial charge on any atom is 0.0950 e. The Morgan fingerprint density at radius 1 is 1.67 bits per heavy atom. The summed E-state index contributed by atoms with van der Waals surface area (Å²) < 4.78 is 7.89. The first-order valence-corrected chi connectivity index (χ1v) is 6.93. The fourth-order valence-corrected chi connectivity index (χ4v) is 3.12. The number of hydrogen-bond acceptors (Lipinski definition) is 3. The molecule has 3 atom stereocenters. The van der Waals surface area contributed by atoms with E-state index in [9.17, 15) is 0 Å². The molecule has 1 saturated carbocycles. The molecule has 0 saturated heterocycles. The largest absolute Gasteiger partial charge is 0.376 e. The van der Waals surface area contributed by atoms with E-state index < -0.39 is 0 Å². The number of imidazole rings is 1. The van der Waals surface area contributed by atoms with Crippen molar-refractivity contribution in [1.82, 2.24) is 9.55 Å². The Labute approximate surface area is 110 Å². The van der Waals surface area contributed by atoms with Crippen molar-refractivity contribution in [2.45, 2.75) is 57.7 Å². The van der Waals surface area contributed by atoms with E-state index in [2.05, 4.69) is 23.4 Å². The molecule has 1 heterocycles. The first-order chi connectivity index (χ1) is 8.61. The SMILES string of the molecule is CCn1cnc(C(N)C2(OC)CCCC(C)C2)c1. The molecule has 1 aromatic heterocycles. The van der Waals surface area contributed by atoms with Crippen LogP contribution in [0.25, 0.3) is 0 Å². The van der Waals surface area contributed by atoms with Gasteiger partial charge < -0.3 is 15.0 Å². The second kappa shape index (κ2) is 5.41. The molecular weight excluding hydrogens is 226 g/mol. The summed E-state index contributed by atoms with van der Waals surface area (Å²) in [6.45, 7) is 5.31. The van der Waals surface area contributed by atoms with Gasteiger partial charge in [0.2, 0.25) is 0 Å². The molecule has 4 nitrogen and oxygen atoms in total. The molecule has 0 aromatic carbocycles. The van der Waals surface area contributed by atoms with Gasteiger partial charge in [-0.15, -0.1) is 0 Å². The highest BCUT2D eigenvalue weighted by atomic mass is 16.5. The molecule has 1 aliphatic carbocycles. The van der Waals surface area contributed by atoms with Crippen molar-refractivity contribution in [2.75, 3.05) is 7.11 Å². The number of ether oxygens (including phenoxy) is 1. The van der Waals surface area contributed by atoms with Gasteiger partial charge in [0, 0.05) is 19.9 Å². The van der Waals surface area contributed by atoms with Gasteiger partial charge in [-0.1, -0.05) is 19.8 Å². The quantitative estimate of drug-likeness (QED) is 0.894. The van der Waals surface area contributed by atoms with Gasteiger partial charge in [0.1, 0.15) is 0 Å². The number of aryl methyl sites for hydroxylation is 1. The van der Waals surface area contributed by atoms with Gasteiger partial charge >= 0.3 is 0 Å². The van der Waals surface area contributed by atoms with Crippen LogP contribution >= 0.6 is 0 Å². The Kier molecular flexibility index (Phi) is 4.07. The highest BCUT2D eigenvalue weighted by Crippen LogP contribution is 2.41. The number of methoxy groups -OCH3 is 1. The van der Waals surface area contributed by atoms with E-state index in [1.54, 1.807) is 7.11 Å². The van der Waals surface area contributed by atoms with Gasteiger partial charge in [0.05, 0.1) is 23.7 Å². The van der Waals surface area contributed by atoms with Gasteiger partial charge in [-0.2, -0.15) is 0 Å². The minimum Gasteiger partial charge on any atom is -0.376 e. The van der Waals surface area contributed by atoms with Gasteiger partial charge in [-0.3, -0.25) is 0 Å². The third-order valence-electron chi connectivity index (χ3n) is 4.30. The number of nitrogens with two attached hydrogens (primary N) is 1. The van der Waals surface area contributed by atoms with Crippen LogP contribution in [0, 0.1) is 5.92 Å². The summed E-state index contributed by atoms with van der Waals surface area (Å²) in [5.74, 6) is 0.679. The zero-order valence-electron chi connectivity index (χ0n) is 11.7. The summed E-state index contributed by atoms with van der Waals surface area (Å²) in [5, 5.41) is 0. The predicted molar refractivity (Wildman–Crippen MR) is 72.2 cm³/mol. The molecule has 4 heteroatoms. The molecule has 2 N–H and O–H groups in total. The highest BCUT2D eigenvalue weighted by Gasteiger charge is 2.42. The van der Waals surface area contributed by atoms with Crippen molar-refractivity contribution in [3.8, 4) is 0 Å². The van der Waals surface area contributed by atoms with E-state index in [1.807, 2.05) is 12.5 Å². The minimum atomic E-state index is -0.232. The summed E-state index contributed by atoms with van der Waals surface area (Å²) in [7, 11) is 1.79. The smallest absolute Gasteiger partial charge is 0.0950 e. The lowest BCUT2D eigenvalue weighted by Crippen LogP contribution is -2.46. The van der Waals surface area contributed by atoms with Crippen LogP contribution in [0.5, 0.6) is 0 Å².